The highest BCUT2D eigenvalue weighted by Gasteiger charge is 2.16. The molecule has 0 fully saturated rings. The van der Waals surface area contributed by atoms with E-state index in [0.29, 0.717) is 12.4 Å². The van der Waals surface area contributed by atoms with E-state index in [9.17, 15) is 10.1 Å². The summed E-state index contributed by atoms with van der Waals surface area (Å²) in [7, 11) is 3.62. The zero-order valence-corrected chi connectivity index (χ0v) is 8.80. The molecule has 1 N–H and O–H groups in total. The fourth-order valence-corrected chi connectivity index (χ4v) is 1.21. The van der Waals surface area contributed by atoms with Gasteiger partial charge in [-0.3, -0.25) is 10.1 Å². The zero-order valence-electron chi connectivity index (χ0n) is 8.80. The van der Waals surface area contributed by atoms with Gasteiger partial charge in [0.15, 0.2) is 0 Å². The monoisotopic (exact) mass is 210 g/mol. The quantitative estimate of drug-likeness (QED) is 0.570. The Kier molecular flexibility index (Phi) is 3.99. The molecule has 0 aliphatic carbocycles. The summed E-state index contributed by atoms with van der Waals surface area (Å²) in [6.45, 7) is 1.43. The summed E-state index contributed by atoms with van der Waals surface area (Å²) in [5, 5.41) is 13.7. The lowest BCUT2D eigenvalue weighted by Gasteiger charge is -2.17. The molecule has 6 heteroatoms. The van der Waals surface area contributed by atoms with Crippen molar-refractivity contribution in [3.63, 3.8) is 0 Å². The van der Waals surface area contributed by atoms with Crippen LogP contribution in [0.1, 0.15) is 0 Å². The van der Waals surface area contributed by atoms with E-state index in [0.717, 1.165) is 6.54 Å². The maximum absolute atomic E-state index is 10.7. The largest absolute Gasteiger partial charge is 0.353 e. The average molecular weight is 210 g/mol. The molecule has 6 nitrogen and oxygen atoms in total. The van der Waals surface area contributed by atoms with Gasteiger partial charge in [-0.1, -0.05) is 0 Å². The van der Waals surface area contributed by atoms with Crippen LogP contribution in [-0.4, -0.2) is 37.1 Å². The van der Waals surface area contributed by atoms with Crippen molar-refractivity contribution in [3.8, 4) is 0 Å². The van der Waals surface area contributed by atoms with Gasteiger partial charge in [-0.15, -0.1) is 0 Å². The molecule has 1 heterocycles. The summed E-state index contributed by atoms with van der Waals surface area (Å²) in [6, 6.07) is 3.02. The molecule has 1 aromatic rings. The third kappa shape index (κ3) is 2.88. The van der Waals surface area contributed by atoms with Crippen molar-refractivity contribution in [2.75, 3.05) is 32.1 Å². The van der Waals surface area contributed by atoms with Crippen LogP contribution in [0.15, 0.2) is 18.3 Å². The number of nitrogens with zero attached hydrogens (tertiary/aromatic N) is 3. The molecular formula is C9H14N4O2. The third-order valence-corrected chi connectivity index (χ3v) is 2.02. The van der Waals surface area contributed by atoms with E-state index in [4.69, 9.17) is 0 Å². The van der Waals surface area contributed by atoms with Gasteiger partial charge in [0.2, 0.25) is 5.82 Å². The van der Waals surface area contributed by atoms with Crippen LogP contribution < -0.4 is 10.2 Å². The summed E-state index contributed by atoms with van der Waals surface area (Å²) in [5.74, 6) is 0.401. The fraction of sp³-hybridized carbons (Fsp3) is 0.444. The number of rotatable bonds is 5. The third-order valence-electron chi connectivity index (χ3n) is 2.02. The number of likely N-dealkylation sites (N-methyl/N-ethyl adjacent to an activating group) is 2. The van der Waals surface area contributed by atoms with Gasteiger partial charge in [0.25, 0.3) is 0 Å². The first kappa shape index (κ1) is 11.4. The van der Waals surface area contributed by atoms with Crippen LogP contribution in [0, 0.1) is 10.1 Å². The molecule has 0 aromatic carbocycles. The molecule has 0 saturated heterocycles. The highest BCUT2D eigenvalue weighted by molar-refractivity contribution is 5.56. The zero-order chi connectivity index (χ0) is 11.3. The predicted octanol–water partition coefficient (Wildman–Crippen LogP) is 0.645. The minimum Gasteiger partial charge on any atom is -0.353 e. The van der Waals surface area contributed by atoms with Crippen LogP contribution in [0.4, 0.5) is 11.5 Å². The average Bonchev–Trinajstić information content (AvgIpc) is 2.25. The smallest absolute Gasteiger partial charge is 0.311 e. The molecule has 0 aliphatic rings. The molecule has 0 radical (unpaired) electrons. The molecule has 0 amide bonds. The van der Waals surface area contributed by atoms with E-state index in [-0.39, 0.29) is 5.69 Å². The molecule has 0 saturated carbocycles. The molecular weight excluding hydrogens is 196 g/mol. The second-order valence-electron chi connectivity index (χ2n) is 3.13. The maximum Gasteiger partial charge on any atom is 0.311 e. The first-order valence-corrected chi connectivity index (χ1v) is 4.62. The Morgan fingerprint density at radius 1 is 1.67 bits per heavy atom. The lowest BCUT2D eigenvalue weighted by molar-refractivity contribution is -0.384. The van der Waals surface area contributed by atoms with E-state index in [1.54, 1.807) is 24.2 Å². The summed E-state index contributed by atoms with van der Waals surface area (Å²) in [4.78, 5) is 16.1. The normalized spacial score (nSPS) is 10.0. The van der Waals surface area contributed by atoms with Crippen molar-refractivity contribution in [2.45, 2.75) is 0 Å². The van der Waals surface area contributed by atoms with Gasteiger partial charge in [0.05, 0.1) is 4.92 Å². The number of anilines is 1. The summed E-state index contributed by atoms with van der Waals surface area (Å²) < 4.78 is 0. The number of pyridine rings is 1. The summed E-state index contributed by atoms with van der Waals surface area (Å²) in [5.41, 5.74) is 0.0381. The second kappa shape index (κ2) is 5.26. The topological polar surface area (TPSA) is 71.3 Å². The molecule has 0 bridgehead atoms. The molecule has 1 rings (SSSR count). The highest BCUT2D eigenvalue weighted by Crippen LogP contribution is 2.22. The highest BCUT2D eigenvalue weighted by atomic mass is 16.6. The molecule has 0 atom stereocenters. The maximum atomic E-state index is 10.7. The molecule has 15 heavy (non-hydrogen) atoms. The van der Waals surface area contributed by atoms with Crippen LogP contribution >= 0.6 is 0 Å². The van der Waals surface area contributed by atoms with Gasteiger partial charge in [-0.2, -0.15) is 0 Å². The van der Waals surface area contributed by atoms with Crippen LogP contribution in [0.5, 0.6) is 0 Å². The van der Waals surface area contributed by atoms with E-state index in [1.807, 2.05) is 7.05 Å². The molecule has 1 aromatic heterocycles. The molecule has 0 unspecified atom stereocenters. The first-order valence-electron chi connectivity index (χ1n) is 4.62. The van der Waals surface area contributed by atoms with Crippen molar-refractivity contribution in [1.82, 2.24) is 10.3 Å². The van der Waals surface area contributed by atoms with Crippen molar-refractivity contribution < 1.29 is 4.92 Å². The van der Waals surface area contributed by atoms with Crippen LogP contribution in [-0.2, 0) is 0 Å². The van der Waals surface area contributed by atoms with Gasteiger partial charge < -0.3 is 10.2 Å². The summed E-state index contributed by atoms with van der Waals surface area (Å²) >= 11 is 0. The molecule has 0 aliphatic heterocycles. The van der Waals surface area contributed by atoms with Gasteiger partial charge >= 0.3 is 5.69 Å². The summed E-state index contributed by atoms with van der Waals surface area (Å²) in [6.07, 6.45) is 1.55. The van der Waals surface area contributed by atoms with E-state index in [1.165, 1.54) is 6.07 Å². The SMILES string of the molecule is CNCCN(C)c1ncccc1[N+](=O)[O-]. The van der Waals surface area contributed by atoms with E-state index < -0.39 is 4.92 Å². The van der Waals surface area contributed by atoms with Gasteiger partial charge in [-0.05, 0) is 13.1 Å². The van der Waals surface area contributed by atoms with Crippen molar-refractivity contribution >= 4 is 11.5 Å². The number of hydrogen-bond acceptors (Lipinski definition) is 5. The van der Waals surface area contributed by atoms with Crippen LogP contribution in [0.25, 0.3) is 0 Å². The number of nitrogens with one attached hydrogen (secondary N) is 1. The van der Waals surface area contributed by atoms with E-state index >= 15 is 0 Å². The Hall–Kier alpha value is -1.69. The Morgan fingerprint density at radius 2 is 2.40 bits per heavy atom. The van der Waals surface area contributed by atoms with Crippen LogP contribution in [0.2, 0.25) is 0 Å². The van der Waals surface area contributed by atoms with Gasteiger partial charge in [0, 0.05) is 32.4 Å². The Bertz CT molecular complexity index is 343. The van der Waals surface area contributed by atoms with E-state index in [2.05, 4.69) is 10.3 Å². The lowest BCUT2D eigenvalue weighted by Crippen LogP contribution is -2.28. The minimum absolute atomic E-state index is 0.0381. The Labute approximate surface area is 88.1 Å². The second-order valence-corrected chi connectivity index (χ2v) is 3.13. The van der Waals surface area contributed by atoms with Crippen LogP contribution in [0.3, 0.4) is 0 Å². The first-order chi connectivity index (χ1) is 7.16. The standard InChI is InChI=1S/C9H14N4O2/c1-10-6-7-12(2)9-8(13(14)15)4-3-5-11-9/h3-5,10H,6-7H2,1-2H3. The number of aromatic nitrogens is 1. The Balaban J connectivity index is 2.87. The van der Waals surface area contributed by atoms with Crippen molar-refractivity contribution in [1.29, 1.82) is 0 Å². The lowest BCUT2D eigenvalue weighted by atomic mass is 10.3. The number of hydrogen-bond donors (Lipinski definition) is 1. The molecule has 82 valence electrons. The van der Waals surface area contributed by atoms with Crippen molar-refractivity contribution in [2.24, 2.45) is 0 Å². The Morgan fingerprint density at radius 3 is 3.00 bits per heavy atom. The fourth-order valence-electron chi connectivity index (χ4n) is 1.21. The molecule has 0 spiro atoms. The predicted molar refractivity (Wildman–Crippen MR) is 58.1 cm³/mol. The van der Waals surface area contributed by atoms with Crippen molar-refractivity contribution in [3.05, 3.63) is 28.4 Å². The number of nitro groups is 1. The minimum atomic E-state index is -0.418. The van der Waals surface area contributed by atoms with Gasteiger partial charge in [-0.25, -0.2) is 4.98 Å². The van der Waals surface area contributed by atoms with Gasteiger partial charge in [0.1, 0.15) is 0 Å².